The second-order valence-electron chi connectivity index (χ2n) is 20.5. The third-order valence-corrected chi connectivity index (χ3v) is 15.0. The molecule has 11 rings (SSSR count). The average Bonchev–Trinajstić information content (AvgIpc) is 1.63. The number of hydrogen-bond donors (Lipinski definition) is 10. The molecule has 3 amide bonds. The lowest BCUT2D eigenvalue weighted by atomic mass is 10.1. The van der Waals surface area contributed by atoms with Crippen molar-refractivity contribution in [3.8, 4) is 0 Å². The molecule has 96 heavy (non-hydrogen) atoms. The number of nitrogens with zero attached hydrogens (tertiary/aromatic N) is 8. The van der Waals surface area contributed by atoms with Gasteiger partial charge in [-0.2, -0.15) is 55.1 Å². The van der Waals surface area contributed by atoms with Crippen LogP contribution in [0.25, 0.3) is 0 Å². The van der Waals surface area contributed by atoms with Crippen LogP contribution in [0.4, 0.5) is 58.4 Å². The molecule has 39 heteroatoms. The van der Waals surface area contributed by atoms with E-state index in [9.17, 15) is 89.1 Å². The van der Waals surface area contributed by atoms with Gasteiger partial charge in [-0.25, -0.2) is 19.2 Å². The standard InChI is InChI=1S/C16H14F2IN3O4.C16H15F2N3O5.C16H13F2N3O4.C9H11F2N3O4.ClH/c17-16(18)12(23)10(8-19)26-14(16)22-7-6-11(21-15(22)25)20-13(24)9-4-2-1-3-5-9;17-16(18)12(23)10(8-22)26-14(16)21-7-6-11(20-15(21)25)19-13(24)9-4-2-1-3-5-9;1-9-12(22)16(17,18)14(25-9)21-8-7-11(20-15(21)24)19-13(23)10-5-3-2-4-6-10;10-9(11)6(16)4(3-15)18-7(9)14-2-1-5(12)13-8(14)17;/h1-7,10,12,14,23H,8H2,(H,20,21,24,25);1-7,10,12,14,22-23H,8H2,(H,19,20,24,25);2-8,12,14,22H,1H2,(H,19,20,23,24);1-2,4,6-7,15-16H,3H2,(H2,12,13,17);1H/t2*10-,12-,14-;12-,14-;4-,6-,7-;/m1111./s1. The van der Waals surface area contributed by atoms with Gasteiger partial charge >= 0.3 is 46.4 Å². The minimum atomic E-state index is -3.80. The molecule has 3 aromatic carbocycles. The Bertz CT molecular complexity index is 4010. The van der Waals surface area contributed by atoms with Crippen molar-refractivity contribution in [2.45, 2.75) is 91.3 Å². The summed E-state index contributed by atoms with van der Waals surface area (Å²) in [6, 6.07) is 29.3. The molecule has 4 aromatic heterocycles. The van der Waals surface area contributed by atoms with E-state index in [1.807, 2.05) is 22.6 Å². The van der Waals surface area contributed by atoms with Crippen molar-refractivity contribution in [1.29, 1.82) is 0 Å². The van der Waals surface area contributed by atoms with E-state index in [-0.39, 0.29) is 40.1 Å². The Morgan fingerprint density at radius 2 is 0.771 bits per heavy atom. The summed E-state index contributed by atoms with van der Waals surface area (Å²) in [5.74, 6) is -17.4. The summed E-state index contributed by atoms with van der Waals surface area (Å²) in [6.45, 7) is 1.56. The Morgan fingerprint density at radius 3 is 1.03 bits per heavy atom. The lowest BCUT2D eigenvalue weighted by molar-refractivity contribution is -0.141. The number of alkyl halides is 9. The van der Waals surface area contributed by atoms with Crippen molar-refractivity contribution in [2.75, 3.05) is 39.3 Å². The van der Waals surface area contributed by atoms with Crippen LogP contribution in [0, 0.1) is 0 Å². The number of nitrogen functional groups attached to an aromatic ring is 1. The van der Waals surface area contributed by atoms with E-state index in [4.69, 9.17) is 34.9 Å². The number of nitrogens with one attached hydrogen (secondary N) is 3. The van der Waals surface area contributed by atoms with Gasteiger partial charge in [-0.1, -0.05) is 83.8 Å². The van der Waals surface area contributed by atoms with E-state index in [2.05, 4.69) is 42.5 Å². The zero-order valence-corrected chi connectivity index (χ0v) is 51.6. The number of nitrogens with two attached hydrogens (primary N) is 1. The van der Waals surface area contributed by atoms with Gasteiger partial charge in [0.05, 0.1) is 13.2 Å². The van der Waals surface area contributed by atoms with E-state index in [0.717, 1.165) is 36.9 Å². The summed E-state index contributed by atoms with van der Waals surface area (Å²) in [7, 11) is 0. The third kappa shape index (κ3) is 16.1. The number of aromatic nitrogens is 8. The maximum atomic E-state index is 14.2. The normalized spacial score (nSPS) is 24.6. The molecule has 11 N–H and O–H groups in total. The van der Waals surface area contributed by atoms with Crippen LogP contribution < -0.4 is 44.4 Å². The predicted molar refractivity (Wildman–Crippen MR) is 327 cm³/mol. The molecule has 29 nitrogen and oxygen atoms in total. The highest BCUT2D eigenvalue weighted by Gasteiger charge is 2.62. The maximum Gasteiger partial charge on any atom is 0.352 e. The summed E-state index contributed by atoms with van der Waals surface area (Å²) < 4.78 is 134. The van der Waals surface area contributed by atoms with Gasteiger partial charge in [0.15, 0.2) is 18.3 Å². The van der Waals surface area contributed by atoms with Crippen LogP contribution in [0.15, 0.2) is 172 Å². The molecule has 0 unspecified atom stereocenters. The van der Waals surface area contributed by atoms with Crippen LogP contribution >= 0.6 is 35.0 Å². The van der Waals surface area contributed by atoms with Gasteiger partial charge in [0.1, 0.15) is 53.4 Å². The van der Waals surface area contributed by atoms with E-state index in [1.165, 1.54) is 12.1 Å². The van der Waals surface area contributed by atoms with Gasteiger partial charge in [0.25, 0.3) is 17.7 Å². The summed E-state index contributed by atoms with van der Waals surface area (Å²) in [5, 5.41) is 62.9. The monoisotopic (exact) mass is 1490 g/mol. The Kier molecular flexibility index (Phi) is 23.9. The Balaban J connectivity index is 0.000000182. The van der Waals surface area contributed by atoms with Crippen LogP contribution in [0.5, 0.6) is 0 Å². The van der Waals surface area contributed by atoms with Crippen LogP contribution in [-0.4, -0.2) is 171 Å². The highest BCUT2D eigenvalue weighted by molar-refractivity contribution is 14.1. The molecule has 514 valence electrons. The van der Waals surface area contributed by atoms with Crippen molar-refractivity contribution in [2.24, 2.45) is 0 Å². The summed E-state index contributed by atoms with van der Waals surface area (Å²) in [6.07, 6.45) is -16.9. The van der Waals surface area contributed by atoms with Gasteiger partial charge in [0.2, 0.25) is 24.9 Å². The fraction of sp³-hybridized carbons (Fsp3) is 0.316. The van der Waals surface area contributed by atoms with E-state index >= 15 is 0 Å². The number of benzene rings is 3. The number of anilines is 4. The van der Waals surface area contributed by atoms with Crippen LogP contribution in [-0.2, 0) is 18.9 Å². The lowest BCUT2D eigenvalue weighted by Gasteiger charge is -2.21. The predicted octanol–water partition coefficient (Wildman–Crippen LogP) is 2.87. The van der Waals surface area contributed by atoms with Gasteiger partial charge < -0.3 is 71.3 Å². The third-order valence-electron chi connectivity index (χ3n) is 14.1. The number of carbonyl (C=O) groups excluding carboxylic acids is 3. The van der Waals surface area contributed by atoms with Crippen LogP contribution in [0.3, 0.4) is 0 Å². The molecule has 4 aliphatic rings. The van der Waals surface area contributed by atoms with Gasteiger partial charge in [0, 0.05) is 45.9 Å². The van der Waals surface area contributed by atoms with Crippen molar-refractivity contribution in [3.63, 3.8) is 0 Å². The first-order valence-electron chi connectivity index (χ1n) is 27.4. The summed E-state index contributed by atoms with van der Waals surface area (Å²) >= 11 is 1.81. The number of amides is 3. The second-order valence-corrected chi connectivity index (χ2v) is 21.4. The van der Waals surface area contributed by atoms with Gasteiger partial charge in [-0.15, -0.1) is 12.4 Å². The topological polar surface area (TPSA) is 411 Å². The summed E-state index contributed by atoms with van der Waals surface area (Å²) in [5.41, 5.74) is 2.04. The van der Waals surface area contributed by atoms with Crippen molar-refractivity contribution in [3.05, 3.63) is 211 Å². The van der Waals surface area contributed by atoms with Crippen molar-refractivity contribution in [1.82, 2.24) is 38.2 Å². The number of ether oxygens (including phenoxy) is 4. The fourth-order valence-electron chi connectivity index (χ4n) is 9.13. The molecule has 0 spiro atoms. The molecular formula is C57H54ClF8IN12O17. The fourth-order valence-corrected chi connectivity index (χ4v) is 9.82. The average molecular weight is 1490 g/mol. The first kappa shape index (κ1) is 74.4. The molecule has 8 heterocycles. The van der Waals surface area contributed by atoms with Crippen LogP contribution in [0.2, 0.25) is 0 Å². The van der Waals surface area contributed by atoms with E-state index < -0.39 is 151 Å². The number of halogens is 10. The first-order chi connectivity index (χ1) is 44.9. The number of aliphatic hydroxyl groups excluding tert-OH is 6. The zero-order chi connectivity index (χ0) is 69.5. The molecule has 11 atom stereocenters. The molecule has 7 aromatic rings. The summed E-state index contributed by atoms with van der Waals surface area (Å²) in [4.78, 5) is 97.7. The van der Waals surface area contributed by atoms with E-state index in [1.54, 1.807) is 91.0 Å². The smallest absolute Gasteiger partial charge is 0.352 e. The van der Waals surface area contributed by atoms with Crippen LogP contribution in [0.1, 0.15) is 56.0 Å². The first-order valence-corrected chi connectivity index (χ1v) is 28.9. The largest absolute Gasteiger partial charge is 0.465 e. The minimum Gasteiger partial charge on any atom is -0.465 e. The molecule has 0 aliphatic carbocycles. The maximum absolute atomic E-state index is 14.2. The SMILES string of the molecule is C=C1O[C@@H](n2ccc(NC(=O)c3ccccc3)nc2=O)C(F)(F)[C@@H]1O.Cl.Nc1ccn([C@@H]2O[C@H](CO)[C@@H](O)C2(F)F)c(=O)n1.O=C(Nc1ccn([C@@H]2O[C@H](CI)[C@@H](O)C2(F)F)c(=O)n1)c1ccccc1.O=C(Nc1ccn([C@@H]2O[C@H](CO)[C@@H](O)C2(F)F)c(=O)n1)c1ccccc1. The van der Waals surface area contributed by atoms with Gasteiger partial charge in [-0.3, -0.25) is 32.7 Å². The minimum absolute atomic E-state index is 0. The Morgan fingerprint density at radius 1 is 0.479 bits per heavy atom. The van der Waals surface area contributed by atoms with Crippen molar-refractivity contribution >= 4 is 76.0 Å². The molecule has 4 saturated heterocycles. The molecule has 0 saturated carbocycles. The number of rotatable bonds is 13. The Labute approximate surface area is 552 Å². The number of hydrogen-bond acceptors (Lipinski definition) is 22. The lowest BCUT2D eigenvalue weighted by Crippen LogP contribution is -2.41. The molecule has 0 bridgehead atoms. The molecule has 4 fully saturated rings. The van der Waals surface area contributed by atoms with Gasteiger partial charge in [-0.05, 0) is 60.7 Å². The highest BCUT2D eigenvalue weighted by Crippen LogP contribution is 2.46. The van der Waals surface area contributed by atoms with Crippen molar-refractivity contribution < 1.29 is 99.1 Å². The molecule has 4 aliphatic heterocycles. The number of aliphatic hydroxyl groups is 6. The Hall–Kier alpha value is -8.97. The number of carbonyl (C=O) groups is 3. The zero-order valence-electron chi connectivity index (χ0n) is 48.6. The molecular weight excluding hydrogens is 1440 g/mol. The molecule has 0 radical (unpaired) electrons. The quantitative estimate of drug-likeness (QED) is 0.0451. The van der Waals surface area contributed by atoms with E-state index in [0.29, 0.717) is 35.0 Å². The highest BCUT2D eigenvalue weighted by atomic mass is 127. The second kappa shape index (κ2) is 30.8.